The fourth-order valence-electron chi connectivity index (χ4n) is 10.8. The lowest BCUT2D eigenvalue weighted by atomic mass is 9.35. The molecule has 0 spiro atoms. The minimum Gasteiger partial charge on any atom is -0.310 e. The van der Waals surface area contributed by atoms with Crippen molar-refractivity contribution in [1.82, 2.24) is 14.1 Å². The van der Waals surface area contributed by atoms with Gasteiger partial charge in [0.05, 0.1) is 22.2 Å². The van der Waals surface area contributed by atoms with E-state index >= 15 is 0 Å². The third-order valence-corrected chi connectivity index (χ3v) is 15.7. The van der Waals surface area contributed by atoms with Gasteiger partial charge in [-0.2, -0.15) is 0 Å². The molecule has 0 N–H and O–H groups in total. The fraction of sp³-hybridized carbons (Fsp3) is 0.295. The van der Waals surface area contributed by atoms with E-state index in [9.17, 15) is 0 Å². The van der Waals surface area contributed by atoms with E-state index in [0.29, 0.717) is 11.8 Å². The highest BCUT2D eigenvalue weighted by atomic mass is 32.2. The van der Waals surface area contributed by atoms with E-state index in [1.54, 1.807) is 0 Å². The van der Waals surface area contributed by atoms with Crippen LogP contribution in [0.4, 0.5) is 0 Å². The average molecular weight is 880 g/mol. The summed E-state index contributed by atoms with van der Waals surface area (Å²) in [5.41, 5.74) is 22.0. The number of aromatic nitrogens is 3. The Morgan fingerprint density at radius 3 is 1.77 bits per heavy atom. The Kier molecular flexibility index (Phi) is 9.65. The highest BCUT2D eigenvalue weighted by Crippen LogP contribution is 2.44. The van der Waals surface area contributed by atoms with Gasteiger partial charge >= 0.3 is 0 Å². The van der Waals surface area contributed by atoms with Gasteiger partial charge in [0.15, 0.2) is 0 Å². The number of nitrogens with zero attached hydrogens (tertiary/aromatic N) is 3. The van der Waals surface area contributed by atoms with Crippen LogP contribution in [0.15, 0.2) is 137 Å². The van der Waals surface area contributed by atoms with E-state index in [2.05, 4.69) is 227 Å². The molecule has 0 radical (unpaired) electrons. The average Bonchev–Trinajstić information content (AvgIpc) is 3.82. The molecule has 0 saturated carbocycles. The molecular weight excluding hydrogens is 818 g/mol. The molecule has 4 heterocycles. The second kappa shape index (κ2) is 14.9. The topological polar surface area (TPSA) is 22.8 Å². The van der Waals surface area contributed by atoms with E-state index in [0.717, 1.165) is 22.4 Å². The summed E-state index contributed by atoms with van der Waals surface area (Å²) in [4.78, 5) is 8.07. The third-order valence-electron chi connectivity index (χ3n) is 14.6. The van der Waals surface area contributed by atoms with Crippen molar-refractivity contribution in [2.75, 3.05) is 0 Å². The minimum atomic E-state index is -0.0161. The van der Waals surface area contributed by atoms with E-state index in [1.165, 1.54) is 98.3 Å². The van der Waals surface area contributed by atoms with Gasteiger partial charge in [-0.15, -0.1) is 0 Å². The Labute approximate surface area is 396 Å². The predicted octanol–water partition coefficient (Wildman–Crippen LogP) is 14.9. The van der Waals surface area contributed by atoms with Gasteiger partial charge < -0.3 is 4.57 Å². The van der Waals surface area contributed by atoms with E-state index < -0.39 is 0 Å². The minimum absolute atomic E-state index is 0.0161. The van der Waals surface area contributed by atoms with Crippen LogP contribution in [0.25, 0.3) is 66.7 Å². The summed E-state index contributed by atoms with van der Waals surface area (Å²) in [6, 6.07) is 49.3. The SMILES string of the molecule is CC(C)c1cccc(C(C)C)c1-n1c(-c2ccc(-c3cc4c5c(c3)-n3c6ccc(C(C)(C)C)cc6c6cc(C(C)(C)C)cc(c63)B5c3cc(C(C)(C)C)ccc3S4)cc2)nc2ccccc21. The molecule has 330 valence electrons. The van der Waals surface area contributed by atoms with Crippen LogP contribution in [0.1, 0.15) is 130 Å². The van der Waals surface area contributed by atoms with Gasteiger partial charge in [-0.1, -0.05) is 186 Å². The summed E-state index contributed by atoms with van der Waals surface area (Å²) in [6.07, 6.45) is 0. The van der Waals surface area contributed by atoms with Crippen LogP contribution >= 0.6 is 11.8 Å². The first-order chi connectivity index (χ1) is 31.3. The van der Waals surface area contributed by atoms with Crippen LogP contribution in [0.5, 0.6) is 0 Å². The van der Waals surface area contributed by atoms with Crippen molar-refractivity contribution in [2.45, 2.75) is 128 Å². The van der Waals surface area contributed by atoms with Gasteiger partial charge in [0.25, 0.3) is 0 Å². The Hall–Kier alpha value is -5.78. The molecule has 0 aliphatic carbocycles. The molecule has 0 atom stereocenters. The lowest BCUT2D eigenvalue weighted by Gasteiger charge is -2.35. The van der Waals surface area contributed by atoms with Gasteiger partial charge in [0, 0.05) is 37.3 Å². The number of hydrogen-bond donors (Lipinski definition) is 0. The molecule has 5 heteroatoms. The molecule has 0 fully saturated rings. The molecule has 2 aliphatic heterocycles. The van der Waals surface area contributed by atoms with Crippen LogP contribution < -0.4 is 16.4 Å². The Bertz CT molecular complexity index is 3420. The van der Waals surface area contributed by atoms with E-state index in [1.807, 2.05) is 11.8 Å². The van der Waals surface area contributed by atoms with Crippen molar-refractivity contribution in [2.24, 2.45) is 0 Å². The van der Waals surface area contributed by atoms with Crippen LogP contribution in [0, 0.1) is 0 Å². The van der Waals surface area contributed by atoms with Crippen molar-refractivity contribution >= 4 is 67.7 Å². The Morgan fingerprint density at radius 1 is 0.500 bits per heavy atom. The highest BCUT2D eigenvalue weighted by Gasteiger charge is 2.41. The van der Waals surface area contributed by atoms with Gasteiger partial charge in [0.1, 0.15) is 5.82 Å². The molecule has 7 aromatic carbocycles. The number of hydrogen-bond acceptors (Lipinski definition) is 2. The molecule has 0 unspecified atom stereocenters. The summed E-state index contributed by atoms with van der Waals surface area (Å²) >= 11 is 1.95. The van der Waals surface area contributed by atoms with Gasteiger partial charge in [-0.05, 0) is 126 Å². The fourth-order valence-corrected chi connectivity index (χ4v) is 12.0. The van der Waals surface area contributed by atoms with Gasteiger partial charge in [0.2, 0.25) is 6.71 Å². The normalized spacial score (nSPS) is 13.7. The lowest BCUT2D eigenvalue weighted by Crippen LogP contribution is -2.59. The summed E-state index contributed by atoms with van der Waals surface area (Å²) in [7, 11) is 0. The molecular formula is C61H62BN3S. The standard InChI is InChI=1S/C61H62BN3S/c1-35(2)43-17-16-18-44(36(3)4)56(43)65-51-20-15-14-19-49(51)63-58(65)38-23-21-37(22-24-38)39-29-52-55-54(30-39)66-53-28-26-41(60(8,9)10)33-47(53)62(55)48-34-42(61(11,12)13)32-46-45-31-40(59(5,6)7)25-27-50(45)64(52)57(46)48/h14-36H,1-13H3. The molecule has 2 aromatic heterocycles. The molecule has 2 aliphatic rings. The van der Waals surface area contributed by atoms with Crippen LogP contribution in [0.2, 0.25) is 0 Å². The summed E-state index contributed by atoms with van der Waals surface area (Å²) in [5.74, 6) is 1.69. The third kappa shape index (κ3) is 6.66. The zero-order valence-corrected chi connectivity index (χ0v) is 41.9. The number of para-hydroxylation sites is 3. The van der Waals surface area contributed by atoms with E-state index in [4.69, 9.17) is 4.98 Å². The molecule has 11 rings (SSSR count). The van der Waals surface area contributed by atoms with Crippen LogP contribution in [-0.4, -0.2) is 20.8 Å². The number of fused-ring (bicyclic) bond motifs is 8. The van der Waals surface area contributed by atoms with Gasteiger partial charge in [-0.3, -0.25) is 4.57 Å². The zero-order valence-electron chi connectivity index (χ0n) is 41.1. The highest BCUT2D eigenvalue weighted by molar-refractivity contribution is 8.00. The van der Waals surface area contributed by atoms with Crippen molar-refractivity contribution in [3.05, 3.63) is 155 Å². The number of rotatable bonds is 5. The van der Waals surface area contributed by atoms with Crippen LogP contribution in [0.3, 0.4) is 0 Å². The maximum Gasteiger partial charge on any atom is 0.249 e. The van der Waals surface area contributed by atoms with Crippen molar-refractivity contribution in [3.63, 3.8) is 0 Å². The van der Waals surface area contributed by atoms with Crippen molar-refractivity contribution in [1.29, 1.82) is 0 Å². The Balaban J connectivity index is 1.15. The second-order valence-corrected chi connectivity index (χ2v) is 24.0. The lowest BCUT2D eigenvalue weighted by molar-refractivity contribution is 0.590. The van der Waals surface area contributed by atoms with Gasteiger partial charge in [-0.25, -0.2) is 4.98 Å². The largest absolute Gasteiger partial charge is 0.310 e. The first-order valence-electron chi connectivity index (χ1n) is 24.1. The first-order valence-corrected chi connectivity index (χ1v) is 24.9. The maximum atomic E-state index is 5.37. The predicted molar refractivity (Wildman–Crippen MR) is 286 cm³/mol. The second-order valence-electron chi connectivity index (χ2n) is 22.9. The molecule has 0 saturated heterocycles. The number of benzene rings is 7. The molecule has 9 aromatic rings. The number of imidazole rings is 1. The monoisotopic (exact) mass is 879 g/mol. The molecule has 3 nitrogen and oxygen atoms in total. The quantitative estimate of drug-likeness (QED) is 0.161. The first kappa shape index (κ1) is 42.8. The molecule has 66 heavy (non-hydrogen) atoms. The summed E-state index contributed by atoms with van der Waals surface area (Å²) < 4.78 is 5.07. The van der Waals surface area contributed by atoms with Crippen LogP contribution in [-0.2, 0) is 16.2 Å². The maximum absolute atomic E-state index is 5.37. The summed E-state index contributed by atoms with van der Waals surface area (Å²) in [5, 5.41) is 2.69. The summed E-state index contributed by atoms with van der Waals surface area (Å²) in [6.45, 7) is 30.5. The zero-order chi connectivity index (χ0) is 46.4. The van der Waals surface area contributed by atoms with Crippen molar-refractivity contribution in [3.8, 4) is 33.9 Å². The molecule has 0 amide bonds. The smallest absolute Gasteiger partial charge is 0.249 e. The van der Waals surface area contributed by atoms with Crippen molar-refractivity contribution < 1.29 is 0 Å². The molecule has 0 bridgehead atoms. The Morgan fingerprint density at radius 2 is 1.11 bits per heavy atom. The van der Waals surface area contributed by atoms with E-state index in [-0.39, 0.29) is 23.0 Å².